The van der Waals surface area contributed by atoms with Crippen molar-refractivity contribution in [2.24, 2.45) is 0 Å². The van der Waals surface area contributed by atoms with E-state index in [9.17, 15) is 4.21 Å². The molecular weight excluding hydrogens is 462 g/mol. The third kappa shape index (κ3) is 6.27. The van der Waals surface area contributed by atoms with Crippen LogP contribution in [0.1, 0.15) is 12.5 Å². The molecule has 0 aliphatic heterocycles. The highest BCUT2D eigenvalue weighted by Crippen LogP contribution is 2.30. The molecule has 0 saturated carbocycles. The Morgan fingerprint density at radius 3 is 2.54 bits per heavy atom. The van der Waals surface area contributed by atoms with E-state index in [2.05, 4.69) is 15.6 Å². The van der Waals surface area contributed by atoms with Crippen LogP contribution in [0.2, 0.25) is 0 Å². The van der Waals surface area contributed by atoms with Crippen LogP contribution in [0.3, 0.4) is 0 Å². The highest BCUT2D eigenvalue weighted by atomic mass is 32.2. The van der Waals surface area contributed by atoms with E-state index in [1.54, 1.807) is 31.5 Å². The number of anilines is 3. The third-order valence-corrected chi connectivity index (χ3v) is 5.85. The maximum Gasteiger partial charge on any atom is 0.229 e. The number of hydrogen-bond acceptors (Lipinski definition) is 9. The van der Waals surface area contributed by atoms with E-state index in [1.807, 2.05) is 61.5 Å². The Morgan fingerprint density at radius 2 is 1.80 bits per heavy atom. The zero-order valence-corrected chi connectivity index (χ0v) is 20.3. The monoisotopic (exact) mass is 488 g/mol. The molecule has 180 valence electrons. The molecule has 8 nitrogen and oxygen atoms in total. The first-order valence-corrected chi connectivity index (χ1v) is 12.2. The second-order valence-corrected chi connectivity index (χ2v) is 8.55. The molecule has 9 heteroatoms. The maximum atomic E-state index is 11.5. The Balaban J connectivity index is 1.65. The topological polar surface area (TPSA) is 109 Å². The lowest BCUT2D eigenvalue weighted by Crippen LogP contribution is -2.06. The summed E-state index contributed by atoms with van der Waals surface area (Å²) in [7, 11) is -0.182. The van der Waals surface area contributed by atoms with E-state index in [0.717, 1.165) is 28.2 Å². The van der Waals surface area contributed by atoms with Gasteiger partial charge in [-0.15, -0.1) is 0 Å². The lowest BCUT2D eigenvalue weighted by Gasteiger charge is -2.15. The standard InChI is InChI=1S/C26H26N5O3S/c1-3-34-21-12-10-19(11-13-21)24-17-29-26(30-20-7-5-9-23(15-20)35(27)32)31-25(24)28-16-18-6-4-8-22(14-18)33-2/h4-15,17,27H,3,16H2,1-2H3,(H2,28,29,30,31)/q-1. The lowest BCUT2D eigenvalue weighted by atomic mass is 10.1. The molecule has 0 atom stereocenters. The van der Waals surface area contributed by atoms with Crippen molar-refractivity contribution in [3.63, 3.8) is 0 Å². The van der Waals surface area contributed by atoms with Crippen LogP contribution in [-0.2, 0) is 21.3 Å². The lowest BCUT2D eigenvalue weighted by molar-refractivity contribution is 0.340. The summed E-state index contributed by atoms with van der Waals surface area (Å²) in [5.74, 6) is 2.61. The van der Waals surface area contributed by atoms with Crippen LogP contribution >= 0.6 is 0 Å². The molecule has 0 radical (unpaired) electrons. The second-order valence-electron chi connectivity index (χ2n) is 7.54. The van der Waals surface area contributed by atoms with Gasteiger partial charge in [0.1, 0.15) is 17.3 Å². The van der Waals surface area contributed by atoms with Crippen molar-refractivity contribution in [3.8, 4) is 22.6 Å². The van der Waals surface area contributed by atoms with Crippen molar-refractivity contribution in [2.75, 3.05) is 24.4 Å². The van der Waals surface area contributed by atoms with Crippen LogP contribution < -0.4 is 20.1 Å². The summed E-state index contributed by atoms with van der Waals surface area (Å²) in [6, 6.07) is 22.5. The Labute approximate surface area is 206 Å². The Hall–Kier alpha value is -4.11. The van der Waals surface area contributed by atoms with E-state index in [0.29, 0.717) is 35.5 Å². The molecule has 0 amide bonds. The fraction of sp³-hybridized carbons (Fsp3) is 0.154. The van der Waals surface area contributed by atoms with Crippen LogP contribution in [0.4, 0.5) is 17.5 Å². The molecule has 4 rings (SSSR count). The summed E-state index contributed by atoms with van der Waals surface area (Å²) in [5.41, 5.74) is 3.47. The maximum absolute atomic E-state index is 11.5. The first kappa shape index (κ1) is 24.0. The van der Waals surface area contributed by atoms with Gasteiger partial charge in [-0.3, -0.25) is 0 Å². The number of methoxy groups -OCH3 is 1. The normalized spacial score (nSPS) is 10.7. The minimum Gasteiger partial charge on any atom is -0.497 e. The van der Waals surface area contributed by atoms with Gasteiger partial charge in [-0.25, -0.2) is 4.98 Å². The largest absolute Gasteiger partial charge is 0.497 e. The van der Waals surface area contributed by atoms with Crippen molar-refractivity contribution in [3.05, 3.63) is 84.6 Å². The quantitative estimate of drug-likeness (QED) is 0.235. The smallest absolute Gasteiger partial charge is 0.229 e. The van der Waals surface area contributed by atoms with E-state index in [4.69, 9.17) is 19.2 Å². The fourth-order valence-corrected chi connectivity index (χ4v) is 3.91. The molecule has 0 bridgehead atoms. The molecule has 1 heterocycles. The second kappa shape index (κ2) is 11.3. The molecule has 3 aromatic carbocycles. The molecule has 0 saturated heterocycles. The zero-order valence-electron chi connectivity index (χ0n) is 19.4. The zero-order chi connectivity index (χ0) is 24.6. The van der Waals surface area contributed by atoms with Crippen LogP contribution in [0.15, 0.2) is 83.9 Å². The van der Waals surface area contributed by atoms with Crippen molar-refractivity contribution in [1.82, 2.24) is 9.97 Å². The molecular formula is C26H26N5O3S-. The molecule has 4 aromatic rings. The molecule has 0 aliphatic carbocycles. The number of nitrogens with one attached hydrogen (secondary N) is 3. The van der Waals surface area contributed by atoms with Crippen LogP contribution in [0.25, 0.3) is 11.1 Å². The third-order valence-electron chi connectivity index (χ3n) is 5.16. The van der Waals surface area contributed by atoms with Gasteiger partial charge >= 0.3 is 0 Å². The first-order valence-electron chi connectivity index (χ1n) is 11.0. The van der Waals surface area contributed by atoms with Crippen molar-refractivity contribution in [1.29, 1.82) is 4.78 Å². The Kier molecular flexibility index (Phi) is 7.79. The van der Waals surface area contributed by atoms with Crippen LogP contribution in [-0.4, -0.2) is 23.7 Å². The number of rotatable bonds is 10. The van der Waals surface area contributed by atoms with E-state index < -0.39 is 10.6 Å². The van der Waals surface area contributed by atoms with Gasteiger partial charge < -0.3 is 29.1 Å². The molecule has 1 aromatic heterocycles. The summed E-state index contributed by atoms with van der Waals surface area (Å²) in [4.78, 5) is 9.61. The van der Waals surface area contributed by atoms with Gasteiger partial charge in [0, 0.05) is 24.0 Å². The molecule has 3 N–H and O–H groups in total. The van der Waals surface area contributed by atoms with Gasteiger partial charge in [0.05, 0.1) is 13.7 Å². The summed E-state index contributed by atoms with van der Waals surface area (Å²) >= 11 is 0. The highest BCUT2D eigenvalue weighted by molar-refractivity contribution is 7.73. The van der Waals surface area contributed by atoms with E-state index >= 15 is 0 Å². The van der Waals surface area contributed by atoms with Crippen LogP contribution in [0, 0.1) is 4.78 Å². The van der Waals surface area contributed by atoms with E-state index in [1.165, 1.54) is 0 Å². The van der Waals surface area contributed by atoms with Crippen LogP contribution in [0.5, 0.6) is 11.5 Å². The molecule has 0 fully saturated rings. The van der Waals surface area contributed by atoms with Gasteiger partial charge in [-0.05, 0) is 48.4 Å². The fourth-order valence-electron chi connectivity index (χ4n) is 3.47. The minimum absolute atomic E-state index is 0.376. The Morgan fingerprint density at radius 1 is 1.00 bits per heavy atom. The van der Waals surface area contributed by atoms with Crippen molar-refractivity contribution < 1.29 is 13.7 Å². The summed E-state index contributed by atoms with van der Waals surface area (Å²) < 4.78 is 29.9. The summed E-state index contributed by atoms with van der Waals surface area (Å²) in [5, 5.41) is 6.56. The summed E-state index contributed by atoms with van der Waals surface area (Å²) in [6.07, 6.45) is 1.76. The number of hydrogen-bond donors (Lipinski definition) is 3. The number of nitrogens with zero attached hydrogens (tertiary/aromatic N) is 2. The Bertz CT molecular complexity index is 1370. The van der Waals surface area contributed by atoms with Crippen molar-refractivity contribution in [2.45, 2.75) is 18.4 Å². The van der Waals surface area contributed by atoms with Gasteiger partial charge in [-0.2, -0.15) is 15.6 Å². The molecule has 0 aliphatic rings. The number of ether oxygens (including phenoxy) is 2. The van der Waals surface area contributed by atoms with Crippen molar-refractivity contribution >= 4 is 28.0 Å². The molecule has 0 spiro atoms. The molecule has 35 heavy (non-hydrogen) atoms. The summed E-state index contributed by atoms with van der Waals surface area (Å²) in [6.45, 7) is 3.08. The number of benzene rings is 3. The highest BCUT2D eigenvalue weighted by Gasteiger charge is 2.11. The first-order chi connectivity index (χ1) is 17.1. The van der Waals surface area contributed by atoms with E-state index in [-0.39, 0.29) is 0 Å². The minimum atomic E-state index is -1.82. The average Bonchev–Trinajstić information content (AvgIpc) is 2.88. The predicted molar refractivity (Wildman–Crippen MR) is 138 cm³/mol. The SMILES string of the molecule is CCOc1ccc(-c2cnc(Nc3cccc([S-](=N)=O)c3)nc2NCc2cccc(OC)c2)cc1. The predicted octanol–water partition coefficient (Wildman–Crippen LogP) is 5.99. The van der Waals surface area contributed by atoms with Gasteiger partial charge in [0.25, 0.3) is 0 Å². The van der Waals surface area contributed by atoms with Gasteiger partial charge in [0.2, 0.25) is 5.95 Å². The average molecular weight is 489 g/mol. The number of aromatic nitrogens is 2. The van der Waals surface area contributed by atoms with Gasteiger partial charge in [0.15, 0.2) is 0 Å². The van der Waals surface area contributed by atoms with Gasteiger partial charge in [-0.1, -0.05) is 47.4 Å². The molecule has 0 unspecified atom stereocenters.